The summed E-state index contributed by atoms with van der Waals surface area (Å²) in [6, 6.07) is 19.2. The molecule has 0 saturated carbocycles. The van der Waals surface area contributed by atoms with Crippen LogP contribution in [0, 0.1) is 18.3 Å². The monoisotopic (exact) mass is 611 g/mol. The molecule has 0 aliphatic carbocycles. The molecule has 4 aromatic rings. The van der Waals surface area contributed by atoms with E-state index in [2.05, 4.69) is 21.7 Å². The average molecular weight is 612 g/mol. The number of ether oxygens (including phenoxy) is 3. The number of fused-ring (bicyclic) bond motifs is 1. The molecule has 9 nitrogen and oxygen atoms in total. The zero-order valence-electron chi connectivity index (χ0n) is 24.9. The number of hydrogen-bond acceptors (Lipinski definition) is 8. The van der Waals surface area contributed by atoms with E-state index >= 15 is 0 Å². The quantitative estimate of drug-likeness (QED) is 0.182. The largest absolute Gasteiger partial charge is 0.487 e. The van der Waals surface area contributed by atoms with Crippen LogP contribution in [0.15, 0.2) is 72.9 Å². The van der Waals surface area contributed by atoms with E-state index in [-0.39, 0.29) is 12.0 Å². The van der Waals surface area contributed by atoms with Crippen molar-refractivity contribution in [2.24, 2.45) is 0 Å². The topological polar surface area (TPSA) is 109 Å². The Balaban J connectivity index is 1.44. The standard InChI is InChI=1S/C34H34ClN5O4/c1-22-6-8-23(9-7-22)20-43-31-11-10-25(15-28(31)35)38-34-24(18-36)19-37-29-17-32(44-26-12-14-42-21-26)30(16-27(29)34)39-33(41)5-4-13-40(2)3/h4-11,15-17,19,26H,12-14,20-21H2,1-3H3,(H,37,38)(H,39,41). The molecule has 1 aromatic heterocycles. The van der Waals surface area contributed by atoms with E-state index in [0.29, 0.717) is 76.4 Å². The number of anilines is 3. The van der Waals surface area contributed by atoms with Crippen molar-refractivity contribution in [3.63, 3.8) is 0 Å². The zero-order valence-corrected chi connectivity index (χ0v) is 25.6. The summed E-state index contributed by atoms with van der Waals surface area (Å²) in [6.45, 7) is 4.13. The van der Waals surface area contributed by atoms with Crippen LogP contribution >= 0.6 is 11.6 Å². The molecule has 44 heavy (non-hydrogen) atoms. The predicted molar refractivity (Wildman–Crippen MR) is 173 cm³/mol. The number of halogens is 1. The maximum absolute atomic E-state index is 12.8. The Hall–Kier alpha value is -4.62. The molecule has 2 N–H and O–H groups in total. The summed E-state index contributed by atoms with van der Waals surface area (Å²) in [6.07, 6.45) is 5.38. The molecule has 1 saturated heterocycles. The summed E-state index contributed by atoms with van der Waals surface area (Å²) < 4.78 is 17.7. The summed E-state index contributed by atoms with van der Waals surface area (Å²) in [5, 5.41) is 17.3. The van der Waals surface area contributed by atoms with Gasteiger partial charge in [-0.05, 0) is 50.8 Å². The molecular weight excluding hydrogens is 578 g/mol. The molecule has 1 aliphatic rings. The van der Waals surface area contributed by atoms with Gasteiger partial charge in [-0.2, -0.15) is 5.26 Å². The molecule has 3 aromatic carbocycles. The Kier molecular flexibility index (Phi) is 9.97. The number of amides is 1. The van der Waals surface area contributed by atoms with Crippen LogP contribution in [0.25, 0.3) is 10.9 Å². The van der Waals surface area contributed by atoms with Gasteiger partial charge in [0.15, 0.2) is 0 Å². The Morgan fingerprint density at radius 1 is 1.18 bits per heavy atom. The number of rotatable bonds is 11. The van der Waals surface area contributed by atoms with E-state index in [1.54, 1.807) is 30.3 Å². The number of nitrogens with one attached hydrogen (secondary N) is 2. The third kappa shape index (κ3) is 7.85. The van der Waals surface area contributed by atoms with Crippen LogP contribution in [-0.2, 0) is 16.1 Å². The SMILES string of the molecule is Cc1ccc(COc2ccc(Nc3c(C#N)cnc4cc(OC5CCOC5)c(NC(=O)C=CCN(C)C)cc34)cc2Cl)cc1. The molecule has 1 aliphatic heterocycles. The second-order valence-electron chi connectivity index (χ2n) is 10.8. The minimum Gasteiger partial charge on any atom is -0.487 e. The van der Waals surface area contributed by atoms with Gasteiger partial charge in [-0.1, -0.05) is 47.5 Å². The molecule has 226 valence electrons. The smallest absolute Gasteiger partial charge is 0.248 e. The first-order chi connectivity index (χ1) is 21.3. The first kappa shape index (κ1) is 30.8. The fourth-order valence-electron chi connectivity index (χ4n) is 4.65. The molecule has 0 spiro atoms. The summed E-state index contributed by atoms with van der Waals surface area (Å²) in [5.41, 5.74) is 4.78. The van der Waals surface area contributed by atoms with Gasteiger partial charge in [0.1, 0.15) is 30.3 Å². The van der Waals surface area contributed by atoms with Gasteiger partial charge in [-0.25, -0.2) is 0 Å². The summed E-state index contributed by atoms with van der Waals surface area (Å²) in [4.78, 5) is 19.3. The first-order valence-corrected chi connectivity index (χ1v) is 14.7. The van der Waals surface area contributed by atoms with E-state index < -0.39 is 0 Å². The van der Waals surface area contributed by atoms with E-state index in [1.807, 2.05) is 56.3 Å². The predicted octanol–water partition coefficient (Wildman–Crippen LogP) is 6.61. The van der Waals surface area contributed by atoms with Gasteiger partial charge >= 0.3 is 0 Å². The number of benzene rings is 3. The number of aromatic nitrogens is 1. The molecule has 1 amide bonds. The molecule has 1 unspecified atom stereocenters. The number of carbonyl (C=O) groups is 1. The van der Waals surface area contributed by atoms with Gasteiger partial charge in [0.25, 0.3) is 0 Å². The van der Waals surface area contributed by atoms with Gasteiger partial charge in [-0.3, -0.25) is 9.78 Å². The number of carbonyl (C=O) groups excluding carboxylic acids is 1. The van der Waals surface area contributed by atoms with E-state index in [1.165, 1.54) is 17.8 Å². The highest BCUT2D eigenvalue weighted by Crippen LogP contribution is 2.38. The zero-order chi connectivity index (χ0) is 31.1. The Morgan fingerprint density at radius 2 is 2.00 bits per heavy atom. The van der Waals surface area contributed by atoms with Gasteiger partial charge < -0.3 is 29.7 Å². The molecular formula is C34H34ClN5O4. The highest BCUT2D eigenvalue weighted by Gasteiger charge is 2.21. The minimum atomic E-state index is -0.300. The van der Waals surface area contributed by atoms with Crippen molar-refractivity contribution in [3.05, 3.63) is 94.7 Å². The highest BCUT2D eigenvalue weighted by atomic mass is 35.5. The highest BCUT2D eigenvalue weighted by molar-refractivity contribution is 6.32. The molecule has 5 rings (SSSR count). The fraction of sp³-hybridized carbons (Fsp3) is 0.265. The number of aryl methyl sites for hydroxylation is 1. The van der Waals surface area contributed by atoms with E-state index in [9.17, 15) is 10.1 Å². The minimum absolute atomic E-state index is 0.141. The van der Waals surface area contributed by atoms with Gasteiger partial charge in [-0.15, -0.1) is 0 Å². The lowest BCUT2D eigenvalue weighted by molar-refractivity contribution is -0.111. The molecule has 10 heteroatoms. The molecule has 1 atom stereocenters. The number of nitriles is 1. The van der Waals surface area contributed by atoms with Crippen LogP contribution in [-0.4, -0.2) is 55.7 Å². The second-order valence-corrected chi connectivity index (χ2v) is 11.2. The maximum atomic E-state index is 12.8. The lowest BCUT2D eigenvalue weighted by Gasteiger charge is -2.19. The lowest BCUT2D eigenvalue weighted by atomic mass is 10.1. The van der Waals surface area contributed by atoms with Crippen molar-refractivity contribution >= 4 is 45.5 Å². The van der Waals surface area contributed by atoms with Crippen LogP contribution in [0.2, 0.25) is 5.02 Å². The number of pyridine rings is 1. The normalized spacial score (nSPS) is 14.6. The fourth-order valence-corrected chi connectivity index (χ4v) is 4.89. The van der Waals surface area contributed by atoms with Gasteiger partial charge in [0.2, 0.25) is 5.91 Å². The van der Waals surface area contributed by atoms with Crippen molar-refractivity contribution < 1.29 is 19.0 Å². The van der Waals surface area contributed by atoms with Gasteiger partial charge in [0.05, 0.1) is 40.7 Å². The number of hydrogen-bond donors (Lipinski definition) is 2. The van der Waals surface area contributed by atoms with Crippen LogP contribution in [0.3, 0.4) is 0 Å². The maximum Gasteiger partial charge on any atom is 0.248 e. The Morgan fingerprint density at radius 3 is 2.70 bits per heavy atom. The number of nitrogens with zero attached hydrogens (tertiary/aromatic N) is 3. The Bertz CT molecular complexity index is 1710. The van der Waals surface area contributed by atoms with E-state index in [0.717, 1.165) is 12.0 Å². The van der Waals surface area contributed by atoms with E-state index in [4.69, 9.17) is 25.8 Å². The van der Waals surface area contributed by atoms with Crippen molar-refractivity contribution in [2.45, 2.75) is 26.1 Å². The van der Waals surface area contributed by atoms with Crippen LogP contribution < -0.4 is 20.1 Å². The molecule has 2 heterocycles. The summed E-state index contributed by atoms with van der Waals surface area (Å²) in [7, 11) is 3.85. The van der Waals surface area contributed by atoms with Gasteiger partial charge in [0, 0.05) is 42.4 Å². The third-order valence-corrected chi connectivity index (χ3v) is 7.28. The van der Waals surface area contributed by atoms with Crippen molar-refractivity contribution in [3.8, 4) is 17.6 Å². The molecule has 0 bridgehead atoms. The van der Waals surface area contributed by atoms with Crippen molar-refractivity contribution in [1.82, 2.24) is 9.88 Å². The molecule has 0 radical (unpaired) electrons. The summed E-state index contributed by atoms with van der Waals surface area (Å²) in [5.74, 6) is 0.720. The number of likely N-dealkylation sites (N-methyl/N-ethyl adjacent to an activating group) is 1. The van der Waals surface area contributed by atoms with Crippen LogP contribution in [0.5, 0.6) is 11.5 Å². The van der Waals surface area contributed by atoms with Crippen LogP contribution in [0.1, 0.15) is 23.1 Å². The van der Waals surface area contributed by atoms with Crippen LogP contribution in [0.4, 0.5) is 17.1 Å². The second kappa shape index (κ2) is 14.2. The average Bonchev–Trinajstić information content (AvgIpc) is 3.51. The lowest BCUT2D eigenvalue weighted by Crippen LogP contribution is -2.18. The summed E-state index contributed by atoms with van der Waals surface area (Å²) >= 11 is 6.60. The Labute approximate surface area is 262 Å². The third-order valence-electron chi connectivity index (χ3n) is 6.99. The first-order valence-electron chi connectivity index (χ1n) is 14.3. The molecule has 1 fully saturated rings. The van der Waals surface area contributed by atoms with Crippen molar-refractivity contribution in [2.75, 3.05) is 44.5 Å². The van der Waals surface area contributed by atoms with Crippen molar-refractivity contribution in [1.29, 1.82) is 5.26 Å².